The number of hydrogen-bond donors (Lipinski definition) is 1. The Balaban J connectivity index is 1.65. The van der Waals surface area contributed by atoms with E-state index in [2.05, 4.69) is 5.32 Å². The van der Waals surface area contributed by atoms with Crippen LogP contribution < -0.4 is 10.2 Å². The number of thioether (sulfide) groups is 1. The summed E-state index contributed by atoms with van der Waals surface area (Å²) < 4.78 is 23.1. The molecule has 0 bridgehead atoms. The summed E-state index contributed by atoms with van der Waals surface area (Å²) in [5.41, 5.74) is 1.79. The third kappa shape index (κ3) is 5.42. The number of halogens is 3. The molecule has 0 fully saturated rings. The quantitative estimate of drug-likeness (QED) is 0.607. The molecule has 0 unspecified atom stereocenters. The molecule has 0 saturated heterocycles. The second-order valence-corrected chi connectivity index (χ2v) is 10.9. The first-order chi connectivity index (χ1) is 14.1. The van der Waals surface area contributed by atoms with Gasteiger partial charge < -0.3 is 10.2 Å². The van der Waals surface area contributed by atoms with Crippen LogP contribution in [0.3, 0.4) is 0 Å². The summed E-state index contributed by atoms with van der Waals surface area (Å²) in [6, 6.07) is 7.41. The van der Waals surface area contributed by atoms with Crippen molar-refractivity contribution >= 4 is 78.9 Å². The SMILES string of the molecule is CS(=O)(=O)c1ccc(NC(=O)CSC(=O)N2CCCc3cc(Cl)cc(Cl)c32)c(Cl)c1. The van der Waals surface area contributed by atoms with E-state index >= 15 is 0 Å². The molecule has 0 aromatic heterocycles. The van der Waals surface area contributed by atoms with Crippen molar-refractivity contribution in [3.8, 4) is 0 Å². The lowest BCUT2D eigenvalue weighted by molar-refractivity contribution is -0.113. The predicted octanol–water partition coefficient (Wildman–Crippen LogP) is 5.29. The number of hydrogen-bond acceptors (Lipinski definition) is 5. The molecule has 11 heteroatoms. The number of aryl methyl sites for hydroxylation is 1. The van der Waals surface area contributed by atoms with Crippen molar-refractivity contribution in [3.63, 3.8) is 0 Å². The summed E-state index contributed by atoms with van der Waals surface area (Å²) >= 11 is 19.2. The van der Waals surface area contributed by atoms with Crippen LogP contribution in [0.1, 0.15) is 12.0 Å². The molecule has 1 N–H and O–H groups in total. The van der Waals surface area contributed by atoms with Crippen molar-refractivity contribution in [2.45, 2.75) is 17.7 Å². The predicted molar refractivity (Wildman–Crippen MR) is 123 cm³/mol. The van der Waals surface area contributed by atoms with Gasteiger partial charge in [0, 0.05) is 17.8 Å². The molecule has 1 aliphatic heterocycles. The van der Waals surface area contributed by atoms with Gasteiger partial charge in [-0.3, -0.25) is 9.59 Å². The smallest absolute Gasteiger partial charge is 0.286 e. The Morgan fingerprint density at radius 2 is 1.87 bits per heavy atom. The van der Waals surface area contributed by atoms with Gasteiger partial charge >= 0.3 is 0 Å². The van der Waals surface area contributed by atoms with E-state index in [1.807, 2.05) is 0 Å². The molecule has 1 heterocycles. The molecule has 0 radical (unpaired) electrons. The van der Waals surface area contributed by atoms with Crippen molar-refractivity contribution < 1.29 is 18.0 Å². The first kappa shape index (κ1) is 23.2. The van der Waals surface area contributed by atoms with E-state index in [1.54, 1.807) is 17.0 Å². The molecule has 0 spiro atoms. The van der Waals surface area contributed by atoms with E-state index < -0.39 is 15.7 Å². The van der Waals surface area contributed by atoms with Gasteiger partial charge in [-0.25, -0.2) is 8.42 Å². The summed E-state index contributed by atoms with van der Waals surface area (Å²) in [5.74, 6) is -0.582. The lowest BCUT2D eigenvalue weighted by Gasteiger charge is -2.30. The minimum absolute atomic E-state index is 0.0517. The van der Waals surface area contributed by atoms with Crippen LogP contribution in [-0.4, -0.2) is 38.1 Å². The number of anilines is 2. The second-order valence-electron chi connectivity index (χ2n) is 6.67. The maximum absolute atomic E-state index is 12.7. The lowest BCUT2D eigenvalue weighted by atomic mass is 10.0. The largest absolute Gasteiger partial charge is 0.324 e. The number of amides is 2. The third-order valence-electron chi connectivity index (χ3n) is 4.39. The molecular weight excluding hydrogens is 491 g/mol. The Hall–Kier alpha value is -1.45. The molecule has 2 aromatic rings. The number of carbonyl (C=O) groups is 2. The average molecular weight is 508 g/mol. The molecule has 0 aliphatic carbocycles. The zero-order valence-corrected chi connectivity index (χ0v) is 19.6. The van der Waals surface area contributed by atoms with Crippen LogP contribution >= 0.6 is 46.6 Å². The van der Waals surface area contributed by atoms with Gasteiger partial charge in [0.05, 0.1) is 32.1 Å². The fourth-order valence-corrected chi connectivity index (χ4v) is 5.30. The van der Waals surface area contributed by atoms with Gasteiger partial charge in [-0.15, -0.1) is 0 Å². The molecule has 0 saturated carbocycles. The molecule has 2 amide bonds. The van der Waals surface area contributed by atoms with Crippen molar-refractivity contribution in [2.75, 3.05) is 28.8 Å². The molecular formula is C19H17Cl3N2O4S2. The van der Waals surface area contributed by atoms with E-state index in [-0.39, 0.29) is 26.6 Å². The molecule has 2 aromatic carbocycles. The van der Waals surface area contributed by atoms with Crippen molar-refractivity contribution in [1.82, 2.24) is 0 Å². The van der Waals surface area contributed by atoms with E-state index in [1.165, 1.54) is 18.2 Å². The molecule has 1 aliphatic rings. The number of benzene rings is 2. The average Bonchev–Trinajstić information content (AvgIpc) is 2.66. The Morgan fingerprint density at radius 3 is 2.53 bits per heavy atom. The number of sulfone groups is 1. The van der Waals surface area contributed by atoms with Gasteiger partial charge in [0.25, 0.3) is 5.24 Å². The Morgan fingerprint density at radius 1 is 1.13 bits per heavy atom. The van der Waals surface area contributed by atoms with Crippen molar-refractivity contribution in [2.24, 2.45) is 0 Å². The van der Waals surface area contributed by atoms with E-state index in [4.69, 9.17) is 34.8 Å². The monoisotopic (exact) mass is 506 g/mol. The van der Waals surface area contributed by atoms with Gasteiger partial charge in [0.2, 0.25) is 5.91 Å². The van der Waals surface area contributed by atoms with Gasteiger partial charge in [-0.1, -0.05) is 46.6 Å². The van der Waals surface area contributed by atoms with E-state index in [0.717, 1.165) is 36.4 Å². The zero-order chi connectivity index (χ0) is 22.1. The third-order valence-corrected chi connectivity index (χ3v) is 7.20. The van der Waals surface area contributed by atoms with Crippen LogP contribution in [0.4, 0.5) is 16.2 Å². The van der Waals surface area contributed by atoms with Gasteiger partial charge in [0.15, 0.2) is 9.84 Å². The van der Waals surface area contributed by atoms with Gasteiger partial charge in [-0.2, -0.15) is 0 Å². The maximum atomic E-state index is 12.7. The lowest BCUT2D eigenvalue weighted by Crippen LogP contribution is -2.33. The fourth-order valence-electron chi connectivity index (χ4n) is 3.05. The Kier molecular flexibility index (Phi) is 7.24. The number of fused-ring (bicyclic) bond motifs is 1. The van der Waals surface area contributed by atoms with Gasteiger partial charge in [-0.05, 0) is 48.7 Å². The van der Waals surface area contributed by atoms with Crippen LogP contribution in [0.5, 0.6) is 0 Å². The number of nitrogens with zero attached hydrogens (tertiary/aromatic N) is 1. The number of rotatable bonds is 4. The highest BCUT2D eigenvalue weighted by atomic mass is 35.5. The molecule has 3 rings (SSSR count). The fraction of sp³-hybridized carbons (Fsp3) is 0.263. The topological polar surface area (TPSA) is 83.5 Å². The van der Waals surface area contributed by atoms with Gasteiger partial charge in [0.1, 0.15) is 0 Å². The van der Waals surface area contributed by atoms with Crippen LogP contribution in [-0.2, 0) is 21.1 Å². The Labute approximate surface area is 193 Å². The number of carbonyl (C=O) groups excluding carboxylic acids is 2. The normalized spacial score (nSPS) is 13.7. The van der Waals surface area contributed by atoms with Crippen LogP contribution in [0.2, 0.25) is 15.1 Å². The molecule has 0 atom stereocenters. The van der Waals surface area contributed by atoms with Crippen molar-refractivity contribution in [1.29, 1.82) is 0 Å². The summed E-state index contributed by atoms with van der Waals surface area (Å²) in [6.45, 7) is 0.501. The first-order valence-corrected chi connectivity index (χ1v) is 12.8. The highest BCUT2D eigenvalue weighted by Gasteiger charge is 2.26. The molecule has 6 nitrogen and oxygen atoms in total. The highest BCUT2D eigenvalue weighted by Crippen LogP contribution is 2.38. The first-order valence-electron chi connectivity index (χ1n) is 8.78. The summed E-state index contributed by atoms with van der Waals surface area (Å²) in [6.07, 6.45) is 2.61. The second kappa shape index (κ2) is 9.36. The van der Waals surface area contributed by atoms with E-state index in [9.17, 15) is 18.0 Å². The van der Waals surface area contributed by atoms with Crippen LogP contribution in [0.25, 0.3) is 0 Å². The van der Waals surface area contributed by atoms with Crippen LogP contribution in [0.15, 0.2) is 35.2 Å². The number of nitrogens with one attached hydrogen (secondary N) is 1. The molecule has 160 valence electrons. The van der Waals surface area contributed by atoms with Crippen LogP contribution in [0, 0.1) is 0 Å². The minimum Gasteiger partial charge on any atom is -0.324 e. The summed E-state index contributed by atoms with van der Waals surface area (Å²) in [4.78, 5) is 26.6. The highest BCUT2D eigenvalue weighted by molar-refractivity contribution is 8.14. The summed E-state index contributed by atoms with van der Waals surface area (Å²) in [5, 5.41) is 3.29. The maximum Gasteiger partial charge on any atom is 0.286 e. The Bertz CT molecular complexity index is 1120. The van der Waals surface area contributed by atoms with E-state index in [0.29, 0.717) is 22.3 Å². The zero-order valence-electron chi connectivity index (χ0n) is 15.7. The standard InChI is InChI=1S/C19H17Cl3N2O4S2/c1-30(27,28)13-4-5-16(14(21)9-13)23-17(25)10-29-19(26)24-6-2-3-11-7-12(20)8-15(22)18(11)24/h4-5,7-9H,2-3,6,10H2,1H3,(H,23,25). The van der Waals surface area contributed by atoms with Crippen molar-refractivity contribution in [3.05, 3.63) is 51.0 Å². The minimum atomic E-state index is -3.41. The molecule has 30 heavy (non-hydrogen) atoms. The summed E-state index contributed by atoms with van der Waals surface area (Å²) in [7, 11) is -3.41.